The Hall–Kier alpha value is -6.64. The monoisotopic (exact) mass is 636 g/mol. The van der Waals surface area contributed by atoms with Crippen molar-refractivity contribution in [3.8, 4) is 44.8 Å². The van der Waals surface area contributed by atoms with E-state index in [0.29, 0.717) is 0 Å². The van der Waals surface area contributed by atoms with E-state index in [0.717, 1.165) is 11.4 Å². The second kappa shape index (κ2) is 11.5. The predicted octanol–water partition coefficient (Wildman–Crippen LogP) is 12.9. The van der Waals surface area contributed by atoms with Crippen molar-refractivity contribution in [2.75, 3.05) is 0 Å². The van der Waals surface area contributed by atoms with Crippen molar-refractivity contribution in [1.82, 2.24) is 9.13 Å². The number of para-hydroxylation sites is 3. The van der Waals surface area contributed by atoms with Crippen LogP contribution in [0.5, 0.6) is 0 Å². The van der Waals surface area contributed by atoms with Crippen molar-refractivity contribution >= 4 is 43.6 Å². The Bertz CT molecular complexity index is 2780. The molecule has 50 heavy (non-hydrogen) atoms. The van der Waals surface area contributed by atoms with Crippen LogP contribution >= 0.6 is 0 Å². The van der Waals surface area contributed by atoms with Crippen molar-refractivity contribution < 1.29 is 0 Å². The first kappa shape index (κ1) is 28.4. The zero-order valence-corrected chi connectivity index (χ0v) is 27.4. The molecule has 0 unspecified atom stereocenters. The third-order valence-electron chi connectivity index (χ3n) is 10.1. The Morgan fingerprint density at radius 2 is 0.760 bits per heavy atom. The lowest BCUT2D eigenvalue weighted by Crippen LogP contribution is -1.95. The van der Waals surface area contributed by atoms with Crippen molar-refractivity contribution in [3.05, 3.63) is 194 Å². The first-order valence-electron chi connectivity index (χ1n) is 17.2. The topological polar surface area (TPSA) is 9.86 Å². The van der Waals surface area contributed by atoms with E-state index in [-0.39, 0.29) is 0 Å². The fourth-order valence-electron chi connectivity index (χ4n) is 7.85. The van der Waals surface area contributed by atoms with Crippen LogP contribution in [0.1, 0.15) is 0 Å². The Labute approximate surface area is 290 Å². The SMILES string of the molecule is c1ccc(-c2cc(-c3ccccc3)cc(-c3cccc(-n4c5ccccc5c5c4ccc4c6ccccc6n(-c6ccccc6)c45)c3)c2)cc1. The molecule has 8 aromatic carbocycles. The summed E-state index contributed by atoms with van der Waals surface area (Å²) in [6.07, 6.45) is 0. The normalized spacial score (nSPS) is 11.6. The third kappa shape index (κ3) is 4.50. The molecule has 0 aliphatic carbocycles. The van der Waals surface area contributed by atoms with Crippen LogP contribution in [-0.2, 0) is 0 Å². The number of hydrogen-bond donors (Lipinski definition) is 0. The lowest BCUT2D eigenvalue weighted by molar-refractivity contribution is 1.17. The third-order valence-corrected chi connectivity index (χ3v) is 10.1. The first-order chi connectivity index (χ1) is 24.8. The zero-order chi connectivity index (χ0) is 33.0. The molecule has 0 fully saturated rings. The summed E-state index contributed by atoms with van der Waals surface area (Å²) in [4.78, 5) is 0. The molecule has 0 N–H and O–H groups in total. The Balaban J connectivity index is 1.23. The number of hydrogen-bond acceptors (Lipinski definition) is 0. The molecule has 0 saturated carbocycles. The van der Waals surface area contributed by atoms with Crippen LogP contribution in [0.15, 0.2) is 194 Å². The quantitative estimate of drug-likeness (QED) is 0.178. The largest absolute Gasteiger partial charge is 0.309 e. The van der Waals surface area contributed by atoms with E-state index in [1.165, 1.54) is 77.0 Å². The standard InChI is InChI=1S/C48H32N2/c1-4-15-33(16-5-1)36-29-37(34-17-6-2-7-18-34)31-38(30-36)35-19-14-22-40(32-35)49-45-26-13-11-24-43(45)47-46(49)28-27-42-41-23-10-12-25-44(41)50(48(42)47)39-20-8-3-9-21-39/h1-32H. The smallest absolute Gasteiger partial charge is 0.0641 e. The van der Waals surface area contributed by atoms with Crippen LogP contribution in [0.4, 0.5) is 0 Å². The van der Waals surface area contributed by atoms with Crippen molar-refractivity contribution in [2.45, 2.75) is 0 Å². The van der Waals surface area contributed by atoms with Gasteiger partial charge in [-0.1, -0.05) is 133 Å². The first-order valence-corrected chi connectivity index (χ1v) is 17.2. The number of benzene rings is 8. The summed E-state index contributed by atoms with van der Waals surface area (Å²) in [7, 11) is 0. The number of rotatable bonds is 5. The van der Waals surface area contributed by atoms with Gasteiger partial charge < -0.3 is 9.13 Å². The molecule has 10 rings (SSSR count). The highest BCUT2D eigenvalue weighted by molar-refractivity contribution is 6.26. The average Bonchev–Trinajstić information content (AvgIpc) is 3.72. The number of aromatic nitrogens is 2. The zero-order valence-electron chi connectivity index (χ0n) is 27.4. The fourth-order valence-corrected chi connectivity index (χ4v) is 7.85. The minimum atomic E-state index is 1.14. The van der Waals surface area contributed by atoms with E-state index in [1.54, 1.807) is 0 Å². The maximum Gasteiger partial charge on any atom is 0.0641 e. The summed E-state index contributed by atoms with van der Waals surface area (Å²) < 4.78 is 4.89. The molecule has 234 valence electrons. The lowest BCUT2D eigenvalue weighted by atomic mass is 9.93. The molecule has 0 saturated heterocycles. The molecule has 0 aliphatic rings. The highest BCUT2D eigenvalue weighted by atomic mass is 15.0. The summed E-state index contributed by atoms with van der Waals surface area (Å²) in [5.41, 5.74) is 14.4. The highest BCUT2D eigenvalue weighted by Crippen LogP contribution is 2.42. The molecular weight excluding hydrogens is 605 g/mol. The van der Waals surface area contributed by atoms with Crippen molar-refractivity contribution in [2.24, 2.45) is 0 Å². The van der Waals surface area contributed by atoms with Gasteiger partial charge in [0.2, 0.25) is 0 Å². The van der Waals surface area contributed by atoms with Gasteiger partial charge in [0.15, 0.2) is 0 Å². The summed E-state index contributed by atoms with van der Waals surface area (Å²) in [5, 5.41) is 5.04. The maximum atomic E-state index is 2.44. The molecule has 0 amide bonds. The summed E-state index contributed by atoms with van der Waals surface area (Å²) in [6, 6.07) is 70.4. The van der Waals surface area contributed by atoms with Crippen LogP contribution < -0.4 is 0 Å². The number of fused-ring (bicyclic) bond motifs is 7. The molecule has 0 bridgehead atoms. The molecular formula is C48H32N2. The van der Waals surface area contributed by atoms with Gasteiger partial charge in [-0.3, -0.25) is 0 Å². The van der Waals surface area contributed by atoms with Gasteiger partial charge in [-0.05, 0) is 94.0 Å². The van der Waals surface area contributed by atoms with Gasteiger partial charge in [0.1, 0.15) is 0 Å². The molecule has 0 atom stereocenters. The van der Waals surface area contributed by atoms with Crippen LogP contribution in [0, 0.1) is 0 Å². The number of nitrogens with zero attached hydrogens (tertiary/aromatic N) is 2. The molecule has 0 radical (unpaired) electrons. The summed E-state index contributed by atoms with van der Waals surface area (Å²) >= 11 is 0. The van der Waals surface area contributed by atoms with Gasteiger partial charge in [-0.25, -0.2) is 0 Å². The van der Waals surface area contributed by atoms with Crippen LogP contribution in [-0.4, -0.2) is 9.13 Å². The molecule has 2 heteroatoms. The Morgan fingerprint density at radius 3 is 1.42 bits per heavy atom. The van der Waals surface area contributed by atoms with Crippen molar-refractivity contribution in [1.29, 1.82) is 0 Å². The van der Waals surface area contributed by atoms with Crippen LogP contribution in [0.2, 0.25) is 0 Å². The molecule has 2 nitrogen and oxygen atoms in total. The maximum absolute atomic E-state index is 2.44. The van der Waals surface area contributed by atoms with Gasteiger partial charge in [0, 0.05) is 32.9 Å². The second-order valence-electron chi connectivity index (χ2n) is 13.0. The summed E-state index contributed by atoms with van der Waals surface area (Å²) in [5.74, 6) is 0. The molecule has 2 heterocycles. The predicted molar refractivity (Wildman–Crippen MR) is 211 cm³/mol. The second-order valence-corrected chi connectivity index (χ2v) is 13.0. The van der Waals surface area contributed by atoms with E-state index in [9.17, 15) is 0 Å². The van der Waals surface area contributed by atoms with E-state index in [4.69, 9.17) is 0 Å². The Morgan fingerprint density at radius 1 is 0.260 bits per heavy atom. The Kier molecular flexibility index (Phi) is 6.53. The van der Waals surface area contributed by atoms with Crippen LogP contribution in [0.3, 0.4) is 0 Å². The summed E-state index contributed by atoms with van der Waals surface area (Å²) in [6.45, 7) is 0. The van der Waals surface area contributed by atoms with Gasteiger partial charge >= 0.3 is 0 Å². The minimum absolute atomic E-state index is 1.14. The lowest BCUT2D eigenvalue weighted by Gasteiger charge is -2.14. The van der Waals surface area contributed by atoms with Gasteiger partial charge in [-0.15, -0.1) is 0 Å². The van der Waals surface area contributed by atoms with Gasteiger partial charge in [0.05, 0.1) is 22.1 Å². The van der Waals surface area contributed by atoms with E-state index >= 15 is 0 Å². The average molecular weight is 637 g/mol. The van der Waals surface area contributed by atoms with Crippen molar-refractivity contribution in [3.63, 3.8) is 0 Å². The highest BCUT2D eigenvalue weighted by Gasteiger charge is 2.21. The molecule has 10 aromatic rings. The van der Waals surface area contributed by atoms with Gasteiger partial charge in [-0.2, -0.15) is 0 Å². The van der Waals surface area contributed by atoms with E-state index < -0.39 is 0 Å². The van der Waals surface area contributed by atoms with E-state index in [2.05, 4.69) is 203 Å². The van der Waals surface area contributed by atoms with Gasteiger partial charge in [0.25, 0.3) is 0 Å². The molecule has 0 aliphatic heterocycles. The molecule has 0 spiro atoms. The van der Waals surface area contributed by atoms with Crippen LogP contribution in [0.25, 0.3) is 88.4 Å². The fraction of sp³-hybridized carbons (Fsp3) is 0. The minimum Gasteiger partial charge on any atom is -0.309 e. The van der Waals surface area contributed by atoms with E-state index in [1.807, 2.05) is 0 Å². The molecule has 2 aromatic heterocycles.